The fraction of sp³-hybridized carbons (Fsp3) is 0.167. The van der Waals surface area contributed by atoms with E-state index in [0.717, 1.165) is 17.4 Å². The van der Waals surface area contributed by atoms with E-state index in [9.17, 15) is 14.4 Å². The largest absolute Gasteiger partial charge is 0.465 e. The van der Waals surface area contributed by atoms with Gasteiger partial charge in [-0.15, -0.1) is 0 Å². The predicted molar refractivity (Wildman–Crippen MR) is 95.2 cm³/mol. The molecule has 1 aliphatic rings. The Morgan fingerprint density at radius 1 is 1.16 bits per heavy atom. The number of anilines is 1. The number of amides is 2. The molecule has 0 radical (unpaired) electrons. The first-order chi connectivity index (χ1) is 12.1. The van der Waals surface area contributed by atoms with Crippen molar-refractivity contribution in [2.45, 2.75) is 11.9 Å². The van der Waals surface area contributed by atoms with Gasteiger partial charge in [-0.2, -0.15) is 0 Å². The van der Waals surface area contributed by atoms with E-state index in [1.54, 1.807) is 24.3 Å². The summed E-state index contributed by atoms with van der Waals surface area (Å²) in [7, 11) is 1.30. The van der Waals surface area contributed by atoms with E-state index in [4.69, 9.17) is 0 Å². The lowest BCUT2D eigenvalue weighted by Crippen LogP contribution is -2.33. The molecule has 0 aromatic heterocycles. The summed E-state index contributed by atoms with van der Waals surface area (Å²) in [5, 5.41) is 2.08. The second-order valence-electron chi connectivity index (χ2n) is 5.39. The van der Waals surface area contributed by atoms with Crippen molar-refractivity contribution in [3.8, 4) is 0 Å². The third-order valence-corrected chi connectivity index (χ3v) is 4.67. The molecule has 7 heteroatoms. The number of nitrogens with one attached hydrogen (secondary N) is 1. The molecule has 0 bridgehead atoms. The molecule has 1 fully saturated rings. The second kappa shape index (κ2) is 7.40. The van der Waals surface area contributed by atoms with Gasteiger partial charge in [0, 0.05) is 5.69 Å². The third-order valence-electron chi connectivity index (χ3n) is 3.69. The SMILES string of the molecule is COC(=O)c1cccc(CN2C(=O)S[C@@H](Nc3ccccc3)C2=O)c1. The zero-order chi connectivity index (χ0) is 17.8. The van der Waals surface area contributed by atoms with Crippen molar-refractivity contribution < 1.29 is 19.1 Å². The lowest BCUT2D eigenvalue weighted by Gasteiger charge is -2.15. The number of thioether (sulfide) groups is 1. The Morgan fingerprint density at radius 3 is 2.64 bits per heavy atom. The molecule has 3 rings (SSSR count). The number of benzene rings is 2. The van der Waals surface area contributed by atoms with Crippen LogP contribution in [-0.4, -0.2) is 34.5 Å². The van der Waals surface area contributed by atoms with Crippen molar-refractivity contribution >= 4 is 34.6 Å². The average molecular weight is 356 g/mol. The number of methoxy groups -OCH3 is 1. The third kappa shape index (κ3) is 3.83. The first-order valence-corrected chi connectivity index (χ1v) is 8.47. The van der Waals surface area contributed by atoms with Crippen LogP contribution in [0.5, 0.6) is 0 Å². The molecule has 2 aromatic carbocycles. The van der Waals surface area contributed by atoms with Gasteiger partial charge < -0.3 is 10.1 Å². The van der Waals surface area contributed by atoms with Crippen molar-refractivity contribution in [3.63, 3.8) is 0 Å². The van der Waals surface area contributed by atoms with Gasteiger partial charge in [0.05, 0.1) is 19.2 Å². The van der Waals surface area contributed by atoms with Crippen LogP contribution in [0.1, 0.15) is 15.9 Å². The van der Waals surface area contributed by atoms with Crippen LogP contribution < -0.4 is 5.32 Å². The number of carbonyl (C=O) groups excluding carboxylic acids is 3. The van der Waals surface area contributed by atoms with Gasteiger partial charge in [-0.3, -0.25) is 14.5 Å². The van der Waals surface area contributed by atoms with E-state index in [0.29, 0.717) is 11.1 Å². The molecule has 25 heavy (non-hydrogen) atoms. The van der Waals surface area contributed by atoms with Gasteiger partial charge in [0.1, 0.15) is 0 Å². The number of hydrogen-bond acceptors (Lipinski definition) is 6. The molecule has 6 nitrogen and oxygen atoms in total. The normalized spacial score (nSPS) is 16.8. The molecule has 128 valence electrons. The monoisotopic (exact) mass is 356 g/mol. The maximum Gasteiger partial charge on any atom is 0.337 e. The average Bonchev–Trinajstić information content (AvgIpc) is 2.89. The number of nitrogens with zero attached hydrogens (tertiary/aromatic N) is 1. The fourth-order valence-corrected chi connectivity index (χ4v) is 3.37. The number of ether oxygens (including phenoxy) is 1. The van der Waals surface area contributed by atoms with Crippen molar-refractivity contribution in [1.82, 2.24) is 4.90 Å². The summed E-state index contributed by atoms with van der Waals surface area (Å²) < 4.78 is 4.69. The summed E-state index contributed by atoms with van der Waals surface area (Å²) in [6.07, 6.45) is 0. The van der Waals surface area contributed by atoms with Crippen molar-refractivity contribution in [3.05, 3.63) is 65.7 Å². The first kappa shape index (κ1) is 17.0. The second-order valence-corrected chi connectivity index (χ2v) is 6.45. The van der Waals surface area contributed by atoms with Crippen LogP contribution in [0, 0.1) is 0 Å². The molecule has 0 unspecified atom stereocenters. The summed E-state index contributed by atoms with van der Waals surface area (Å²) in [4.78, 5) is 37.5. The van der Waals surface area contributed by atoms with E-state index < -0.39 is 11.3 Å². The van der Waals surface area contributed by atoms with Crippen molar-refractivity contribution in [2.24, 2.45) is 0 Å². The maximum atomic E-state index is 12.5. The molecule has 0 spiro atoms. The molecule has 1 aliphatic heterocycles. The standard InChI is InChI=1S/C18H16N2O4S/c1-24-17(22)13-7-5-6-12(10-13)11-20-16(21)15(25-18(20)23)19-14-8-3-2-4-9-14/h2-10,15,19H,11H2,1H3/t15-/m1/s1. The van der Waals surface area contributed by atoms with E-state index in [-0.39, 0.29) is 17.7 Å². The molecule has 0 saturated carbocycles. The molecule has 1 atom stereocenters. The fourth-order valence-electron chi connectivity index (χ4n) is 2.46. The van der Waals surface area contributed by atoms with Gasteiger partial charge in [0.15, 0.2) is 5.37 Å². The molecule has 1 heterocycles. The van der Waals surface area contributed by atoms with E-state index in [2.05, 4.69) is 10.1 Å². The van der Waals surface area contributed by atoms with Gasteiger partial charge in [0.25, 0.3) is 11.1 Å². The summed E-state index contributed by atoms with van der Waals surface area (Å²) in [6.45, 7) is 0.114. The molecule has 2 amide bonds. The van der Waals surface area contributed by atoms with Gasteiger partial charge in [-0.1, -0.05) is 30.3 Å². The number of esters is 1. The Kier molecular flexibility index (Phi) is 5.04. The lowest BCUT2D eigenvalue weighted by atomic mass is 10.1. The Hall–Kier alpha value is -2.80. The number of hydrogen-bond donors (Lipinski definition) is 1. The Balaban J connectivity index is 1.72. The maximum absolute atomic E-state index is 12.5. The molecule has 0 aliphatic carbocycles. The highest BCUT2D eigenvalue weighted by Gasteiger charge is 2.39. The van der Waals surface area contributed by atoms with Crippen molar-refractivity contribution in [1.29, 1.82) is 0 Å². The Morgan fingerprint density at radius 2 is 1.92 bits per heavy atom. The highest BCUT2D eigenvalue weighted by Crippen LogP contribution is 2.29. The van der Waals surface area contributed by atoms with Crippen LogP contribution in [-0.2, 0) is 16.1 Å². The first-order valence-electron chi connectivity index (χ1n) is 7.59. The highest BCUT2D eigenvalue weighted by molar-refractivity contribution is 8.15. The van der Waals surface area contributed by atoms with Gasteiger partial charge in [-0.05, 0) is 41.6 Å². The zero-order valence-electron chi connectivity index (χ0n) is 13.5. The summed E-state index contributed by atoms with van der Waals surface area (Å²) in [5.74, 6) is -0.763. The molecule has 1 saturated heterocycles. The van der Waals surface area contributed by atoms with Crippen LogP contribution in [0.25, 0.3) is 0 Å². The van der Waals surface area contributed by atoms with E-state index in [1.165, 1.54) is 12.0 Å². The summed E-state index contributed by atoms with van der Waals surface area (Å²) in [6, 6.07) is 15.9. The minimum atomic E-state index is -0.654. The van der Waals surface area contributed by atoms with Crippen LogP contribution in [0.2, 0.25) is 0 Å². The molecule has 2 aromatic rings. The topological polar surface area (TPSA) is 75.7 Å². The number of rotatable bonds is 5. The number of para-hydroxylation sites is 1. The zero-order valence-corrected chi connectivity index (χ0v) is 14.3. The van der Waals surface area contributed by atoms with Gasteiger partial charge in [-0.25, -0.2) is 4.79 Å². The predicted octanol–water partition coefficient (Wildman–Crippen LogP) is 3.11. The van der Waals surface area contributed by atoms with Gasteiger partial charge in [0.2, 0.25) is 0 Å². The molecular weight excluding hydrogens is 340 g/mol. The molecular formula is C18H16N2O4S. The Bertz CT molecular complexity index is 810. The van der Waals surface area contributed by atoms with E-state index in [1.807, 2.05) is 30.3 Å². The van der Waals surface area contributed by atoms with Crippen LogP contribution in [0.4, 0.5) is 10.5 Å². The van der Waals surface area contributed by atoms with Crippen LogP contribution in [0.3, 0.4) is 0 Å². The number of carbonyl (C=O) groups is 3. The number of imide groups is 1. The van der Waals surface area contributed by atoms with Gasteiger partial charge >= 0.3 is 5.97 Å². The van der Waals surface area contributed by atoms with Crippen molar-refractivity contribution in [2.75, 3.05) is 12.4 Å². The quantitative estimate of drug-likeness (QED) is 0.830. The molecule has 1 N–H and O–H groups in total. The summed E-state index contributed by atoms with van der Waals surface area (Å²) >= 11 is 0.946. The minimum Gasteiger partial charge on any atom is -0.465 e. The van der Waals surface area contributed by atoms with Crippen LogP contribution in [0.15, 0.2) is 54.6 Å². The van der Waals surface area contributed by atoms with Crippen LogP contribution >= 0.6 is 11.8 Å². The smallest absolute Gasteiger partial charge is 0.337 e. The minimum absolute atomic E-state index is 0.114. The highest BCUT2D eigenvalue weighted by atomic mass is 32.2. The lowest BCUT2D eigenvalue weighted by molar-refractivity contribution is -0.126. The summed E-state index contributed by atoms with van der Waals surface area (Å²) in [5.41, 5.74) is 1.84. The van der Waals surface area contributed by atoms with E-state index >= 15 is 0 Å². The Labute approximate surface area is 149 Å².